The number of carbonyl (C=O) groups excluding carboxylic acids is 1. The molecule has 132 valence electrons. The Labute approximate surface area is 150 Å². The maximum Gasteiger partial charge on any atom is 0.225 e. The van der Waals surface area contributed by atoms with Gasteiger partial charge in [0.2, 0.25) is 5.91 Å². The van der Waals surface area contributed by atoms with E-state index in [-0.39, 0.29) is 12.0 Å². The molecule has 0 bridgehead atoms. The van der Waals surface area contributed by atoms with Gasteiger partial charge in [0.15, 0.2) is 0 Å². The number of rotatable bonds is 3. The summed E-state index contributed by atoms with van der Waals surface area (Å²) in [6.45, 7) is 1.54. The van der Waals surface area contributed by atoms with E-state index in [9.17, 15) is 9.90 Å². The molecule has 2 aliphatic rings. The number of ether oxygens (including phenoxy) is 1. The third-order valence-corrected chi connectivity index (χ3v) is 5.43. The Morgan fingerprint density at radius 1 is 1.40 bits per heavy atom. The summed E-state index contributed by atoms with van der Waals surface area (Å²) in [4.78, 5) is 14.5. The van der Waals surface area contributed by atoms with Crippen molar-refractivity contribution in [3.05, 3.63) is 52.3 Å². The van der Waals surface area contributed by atoms with Crippen molar-refractivity contribution in [1.29, 1.82) is 0 Å². The number of benzene rings is 1. The second kappa shape index (κ2) is 6.44. The number of hydrogen-bond donors (Lipinski definition) is 2. The maximum absolute atomic E-state index is 12.6. The number of likely N-dealkylation sites (tertiary alicyclic amines) is 1. The molecule has 6 nitrogen and oxygen atoms in total. The lowest BCUT2D eigenvalue weighted by Crippen LogP contribution is -2.45. The smallest absolute Gasteiger partial charge is 0.225 e. The van der Waals surface area contributed by atoms with Crippen molar-refractivity contribution in [2.75, 3.05) is 13.1 Å². The summed E-state index contributed by atoms with van der Waals surface area (Å²) in [7, 11) is 0. The first-order valence-corrected chi connectivity index (χ1v) is 8.83. The summed E-state index contributed by atoms with van der Waals surface area (Å²) in [5, 5.41) is 18.1. The van der Waals surface area contributed by atoms with Crippen LogP contribution in [0.25, 0.3) is 0 Å². The zero-order valence-electron chi connectivity index (χ0n) is 13.7. The van der Waals surface area contributed by atoms with Crippen molar-refractivity contribution in [2.45, 2.75) is 37.6 Å². The van der Waals surface area contributed by atoms with Crippen LogP contribution in [0.2, 0.25) is 5.02 Å². The second-order valence-electron chi connectivity index (χ2n) is 6.73. The van der Waals surface area contributed by atoms with Gasteiger partial charge in [-0.25, -0.2) is 0 Å². The summed E-state index contributed by atoms with van der Waals surface area (Å²) in [6.07, 6.45) is 2.73. The fourth-order valence-electron chi connectivity index (χ4n) is 3.66. The number of aromatic nitrogens is 2. The Balaban J connectivity index is 1.38. The van der Waals surface area contributed by atoms with Crippen molar-refractivity contribution in [2.24, 2.45) is 0 Å². The Kier molecular flexibility index (Phi) is 4.27. The molecular weight excluding hydrogens is 342 g/mol. The minimum Gasteiger partial charge on any atom is -0.383 e. The number of aliphatic hydroxyl groups is 1. The summed E-state index contributed by atoms with van der Waals surface area (Å²) in [5.74, 6) is 0.0551. The van der Waals surface area contributed by atoms with E-state index in [2.05, 4.69) is 10.2 Å². The van der Waals surface area contributed by atoms with E-state index in [0.717, 1.165) is 11.1 Å². The van der Waals surface area contributed by atoms with Crippen LogP contribution in [0.3, 0.4) is 0 Å². The number of amides is 1. The zero-order chi connectivity index (χ0) is 17.4. The van der Waals surface area contributed by atoms with Crippen molar-refractivity contribution in [1.82, 2.24) is 15.1 Å². The van der Waals surface area contributed by atoms with Crippen LogP contribution in [0.5, 0.6) is 0 Å². The van der Waals surface area contributed by atoms with Crippen LogP contribution in [0.1, 0.15) is 42.2 Å². The SMILES string of the molecule is O=C(CC1OCc2cc(Cl)ccc21)N1CCC(O)(c2ccn[nH]2)CC1. The van der Waals surface area contributed by atoms with Crippen LogP contribution >= 0.6 is 11.6 Å². The molecule has 0 spiro atoms. The van der Waals surface area contributed by atoms with Crippen LogP contribution in [-0.4, -0.2) is 39.2 Å². The van der Waals surface area contributed by atoms with Crippen molar-refractivity contribution in [3.63, 3.8) is 0 Å². The number of fused-ring (bicyclic) bond motifs is 1. The van der Waals surface area contributed by atoms with Gasteiger partial charge in [0.05, 0.1) is 24.8 Å². The van der Waals surface area contributed by atoms with Gasteiger partial charge in [-0.15, -0.1) is 0 Å². The lowest BCUT2D eigenvalue weighted by molar-refractivity contribution is -0.138. The summed E-state index contributed by atoms with van der Waals surface area (Å²) >= 11 is 6.01. The molecule has 1 saturated heterocycles. The Bertz CT molecular complexity index is 770. The molecule has 4 rings (SSSR count). The Morgan fingerprint density at radius 3 is 2.92 bits per heavy atom. The van der Waals surface area contributed by atoms with Crippen LogP contribution in [-0.2, 0) is 21.7 Å². The minimum absolute atomic E-state index is 0.0551. The molecule has 3 heterocycles. The first-order valence-electron chi connectivity index (χ1n) is 8.45. The standard InChI is InChI=1S/C18H20ClN3O3/c19-13-1-2-14-12(9-13)11-25-15(14)10-17(23)22-7-4-18(24,5-8-22)16-3-6-20-21-16/h1-3,6,9,15,24H,4-5,7-8,10-11H2,(H,20,21). The van der Waals surface area contributed by atoms with E-state index in [0.29, 0.717) is 49.7 Å². The van der Waals surface area contributed by atoms with E-state index >= 15 is 0 Å². The van der Waals surface area contributed by atoms with E-state index in [1.54, 1.807) is 12.3 Å². The average Bonchev–Trinajstić information content (AvgIpc) is 3.26. The Hall–Kier alpha value is -1.89. The maximum atomic E-state index is 12.6. The molecule has 2 aromatic rings. The number of nitrogens with one attached hydrogen (secondary N) is 1. The van der Waals surface area contributed by atoms with Crippen LogP contribution in [0.4, 0.5) is 0 Å². The highest BCUT2D eigenvalue weighted by Gasteiger charge is 2.37. The fraction of sp³-hybridized carbons (Fsp3) is 0.444. The predicted octanol–water partition coefficient (Wildman–Crippen LogP) is 2.53. The largest absolute Gasteiger partial charge is 0.383 e. The van der Waals surface area contributed by atoms with Gasteiger partial charge in [0.25, 0.3) is 0 Å². The van der Waals surface area contributed by atoms with E-state index in [1.165, 1.54) is 0 Å². The number of hydrogen-bond acceptors (Lipinski definition) is 4. The highest BCUT2D eigenvalue weighted by molar-refractivity contribution is 6.30. The summed E-state index contributed by atoms with van der Waals surface area (Å²) in [6, 6.07) is 7.45. The normalized spacial score (nSPS) is 22.0. The number of nitrogens with zero attached hydrogens (tertiary/aromatic N) is 2. The molecule has 0 aliphatic carbocycles. The molecule has 7 heteroatoms. The predicted molar refractivity (Wildman–Crippen MR) is 91.9 cm³/mol. The molecule has 0 radical (unpaired) electrons. The molecule has 0 saturated carbocycles. The number of H-pyrrole nitrogens is 1. The minimum atomic E-state index is -0.930. The second-order valence-corrected chi connectivity index (χ2v) is 7.17. The molecule has 1 unspecified atom stereocenters. The quantitative estimate of drug-likeness (QED) is 0.880. The summed E-state index contributed by atoms with van der Waals surface area (Å²) < 4.78 is 5.77. The fourth-order valence-corrected chi connectivity index (χ4v) is 3.86. The van der Waals surface area contributed by atoms with Crippen molar-refractivity contribution in [3.8, 4) is 0 Å². The molecule has 1 aromatic heterocycles. The van der Waals surface area contributed by atoms with Crippen molar-refractivity contribution < 1.29 is 14.6 Å². The molecule has 2 N–H and O–H groups in total. The monoisotopic (exact) mass is 361 g/mol. The molecule has 1 atom stereocenters. The Morgan fingerprint density at radius 2 is 2.20 bits per heavy atom. The van der Waals surface area contributed by atoms with Gasteiger partial charge in [-0.3, -0.25) is 9.89 Å². The number of carbonyl (C=O) groups is 1. The van der Waals surface area contributed by atoms with E-state index in [1.807, 2.05) is 23.1 Å². The third kappa shape index (κ3) is 3.17. The van der Waals surface area contributed by atoms with Gasteiger partial charge in [-0.05, 0) is 42.2 Å². The number of halogens is 1. The van der Waals surface area contributed by atoms with Gasteiger partial charge in [0, 0.05) is 24.3 Å². The number of aromatic amines is 1. The van der Waals surface area contributed by atoms with Gasteiger partial charge < -0.3 is 14.7 Å². The highest BCUT2D eigenvalue weighted by Crippen LogP contribution is 2.36. The van der Waals surface area contributed by atoms with Gasteiger partial charge >= 0.3 is 0 Å². The van der Waals surface area contributed by atoms with Crippen LogP contribution in [0, 0.1) is 0 Å². The average molecular weight is 362 g/mol. The topological polar surface area (TPSA) is 78.4 Å². The van der Waals surface area contributed by atoms with Crippen LogP contribution in [0.15, 0.2) is 30.5 Å². The van der Waals surface area contributed by atoms with E-state index < -0.39 is 5.60 Å². The summed E-state index contributed by atoms with van der Waals surface area (Å²) in [5.41, 5.74) is 1.88. The molecule has 1 fully saturated rings. The molecule has 1 aromatic carbocycles. The zero-order valence-corrected chi connectivity index (χ0v) is 14.5. The van der Waals surface area contributed by atoms with Crippen LogP contribution < -0.4 is 0 Å². The van der Waals surface area contributed by atoms with Gasteiger partial charge in [-0.2, -0.15) is 5.10 Å². The first kappa shape index (κ1) is 16.6. The van der Waals surface area contributed by atoms with E-state index in [4.69, 9.17) is 16.3 Å². The third-order valence-electron chi connectivity index (χ3n) is 5.20. The molecular formula is C18H20ClN3O3. The highest BCUT2D eigenvalue weighted by atomic mass is 35.5. The van der Waals surface area contributed by atoms with Gasteiger partial charge in [0.1, 0.15) is 5.60 Å². The lowest BCUT2D eigenvalue weighted by atomic mass is 9.88. The van der Waals surface area contributed by atoms with Gasteiger partial charge in [-0.1, -0.05) is 17.7 Å². The molecule has 25 heavy (non-hydrogen) atoms. The number of piperidine rings is 1. The molecule has 1 amide bonds. The molecule has 2 aliphatic heterocycles. The lowest BCUT2D eigenvalue weighted by Gasteiger charge is -2.37. The van der Waals surface area contributed by atoms with Crippen molar-refractivity contribution >= 4 is 17.5 Å². The first-order chi connectivity index (χ1) is 12.0.